The maximum absolute atomic E-state index is 15.1. The summed E-state index contributed by atoms with van der Waals surface area (Å²) in [5.74, 6) is -7.71. The highest BCUT2D eigenvalue weighted by Crippen LogP contribution is 2.31. The lowest BCUT2D eigenvalue weighted by Gasteiger charge is -2.43. The molecule has 534 valence electrons. The van der Waals surface area contributed by atoms with Gasteiger partial charge in [-0.05, 0) is 128 Å². The van der Waals surface area contributed by atoms with Crippen LogP contribution in [0.4, 0.5) is 13.2 Å². The Bertz CT molecular complexity index is 3250. The summed E-state index contributed by atoms with van der Waals surface area (Å²) in [5.41, 5.74) is -2.01. The fourth-order valence-corrected chi connectivity index (χ4v) is 12.6. The second kappa shape index (κ2) is 35.1. The van der Waals surface area contributed by atoms with Crippen LogP contribution in [0.1, 0.15) is 130 Å². The second-order valence-electron chi connectivity index (χ2n) is 27.3. The number of rotatable bonds is 12. The van der Waals surface area contributed by atoms with Crippen LogP contribution < -0.4 is 21.3 Å². The van der Waals surface area contributed by atoms with E-state index in [0.717, 1.165) is 58.8 Å². The highest BCUT2D eigenvalue weighted by Gasteiger charge is 2.46. The molecule has 0 bridgehead atoms. The zero-order chi connectivity index (χ0) is 72.7. The van der Waals surface area contributed by atoms with Crippen molar-refractivity contribution < 1.29 is 70.7 Å². The first-order valence-electron chi connectivity index (χ1n) is 33.0. The van der Waals surface area contributed by atoms with Crippen LogP contribution in [0.5, 0.6) is 0 Å². The Labute approximate surface area is 581 Å². The van der Waals surface area contributed by atoms with Crippen molar-refractivity contribution in [1.29, 1.82) is 0 Å². The van der Waals surface area contributed by atoms with E-state index in [0.29, 0.717) is 37.9 Å². The number of benzene rings is 2. The van der Waals surface area contributed by atoms with Gasteiger partial charge in [0.05, 0.1) is 25.1 Å². The van der Waals surface area contributed by atoms with Crippen molar-refractivity contribution in [3.05, 3.63) is 68.8 Å². The molecule has 28 heteroatoms. The molecule has 12 amide bonds. The monoisotopic (exact) mass is 1470 g/mol. The molecule has 0 spiro atoms. The Morgan fingerprint density at radius 2 is 1.27 bits per heavy atom. The molecule has 0 aromatic heterocycles. The Hall–Kier alpha value is -7.84. The van der Waals surface area contributed by atoms with E-state index >= 15 is 4.79 Å². The quantitative estimate of drug-likeness (QED) is 0.174. The minimum atomic E-state index is -4.70. The van der Waals surface area contributed by atoms with Gasteiger partial charge in [-0.15, -0.1) is 12.3 Å². The lowest BCUT2D eigenvalue weighted by atomic mass is 9.95. The van der Waals surface area contributed by atoms with Crippen LogP contribution in [0.25, 0.3) is 0 Å². The predicted octanol–water partition coefficient (Wildman–Crippen LogP) is 3.85. The maximum atomic E-state index is 15.1. The molecule has 2 aromatic carbocycles. The van der Waals surface area contributed by atoms with Crippen LogP contribution in [0.3, 0.4) is 0 Å². The average Bonchev–Trinajstić information content (AvgIpc) is 0.820. The number of hydrogen-bond acceptors (Lipinski definition) is 12. The van der Waals surface area contributed by atoms with Crippen LogP contribution in [0.15, 0.2) is 48.5 Å². The largest absolute Gasteiger partial charge is 0.416 e. The number of likely N-dealkylation sites (N-methyl/N-ethyl adjacent to an activating group) is 6. The molecule has 0 aliphatic carbocycles. The summed E-state index contributed by atoms with van der Waals surface area (Å²) < 4.78 is 42.1. The van der Waals surface area contributed by atoms with Crippen LogP contribution in [-0.4, -0.2) is 239 Å². The summed E-state index contributed by atoms with van der Waals surface area (Å²) in [6.07, 6.45) is 2.36. The van der Waals surface area contributed by atoms with Gasteiger partial charge in [0.25, 0.3) is 0 Å². The summed E-state index contributed by atoms with van der Waals surface area (Å²) in [5, 5.41) is 11.0. The van der Waals surface area contributed by atoms with Crippen molar-refractivity contribution in [1.82, 2.24) is 60.5 Å². The Kier molecular flexibility index (Phi) is 28.9. The number of amides is 12. The maximum Gasteiger partial charge on any atom is 0.416 e. The number of terminal acetylenes is 1. The van der Waals surface area contributed by atoms with Gasteiger partial charge in [0.15, 0.2) is 0 Å². The number of piperidine rings is 1. The topological polar surface area (TPSA) is 279 Å². The molecule has 3 heterocycles. The molecule has 3 aliphatic rings. The van der Waals surface area contributed by atoms with Gasteiger partial charge in [-0.1, -0.05) is 72.2 Å². The minimum absolute atomic E-state index is 0.0310. The molecule has 3 aliphatic heterocycles. The summed E-state index contributed by atoms with van der Waals surface area (Å²) in [4.78, 5) is 186. The lowest BCUT2D eigenvalue weighted by Crippen LogP contribution is -2.64. The number of nitrogens with zero attached hydrogens (tertiary/aromatic N) is 8. The van der Waals surface area contributed by atoms with E-state index in [1.165, 1.54) is 65.9 Å². The zero-order valence-corrected chi connectivity index (χ0v) is 60.5. The molecule has 5 rings (SSSR count). The number of nitrogens with one attached hydrogen (secondary N) is 4. The normalized spacial score (nSPS) is 24.9. The minimum Gasteiger partial charge on any atom is -0.342 e. The molecule has 0 unspecified atom stereocenters. The summed E-state index contributed by atoms with van der Waals surface area (Å²) in [6.45, 7) is 13.1. The van der Waals surface area contributed by atoms with E-state index in [9.17, 15) is 65.9 Å². The third-order valence-electron chi connectivity index (χ3n) is 18.7. The molecule has 2 aromatic rings. The van der Waals surface area contributed by atoms with Gasteiger partial charge in [-0.3, -0.25) is 57.5 Å². The van der Waals surface area contributed by atoms with Gasteiger partial charge >= 0.3 is 6.18 Å². The molecule has 0 saturated carbocycles. The SMILES string of the molecule is C#CC[C@@H]1NC(=O)[C@H](Cc2cccc(I)c2)NC(=O)CN(C)C(=O)[C@H](Cc2ccc(C(F)(F)F)cc2)N(C)C(=O)[C@@H]2CCN2C(=O)CN(C)C(=O)[C@H]([C@@H](C)CC)NC(=O)[C@H](CC(C)C)N(C)C(=O)C[C@@H](C(=O)N2CCCCC2)N(C)C(=O)[C@H](CC(C)C)NC(=O)C(C)(C)N(C)C1=O. The number of alkyl halides is 3. The van der Waals surface area contributed by atoms with Gasteiger partial charge in [0, 0.05) is 84.8 Å². The average molecular weight is 1470 g/mol. The molecule has 97 heavy (non-hydrogen) atoms. The fourth-order valence-electron chi connectivity index (χ4n) is 12.0. The van der Waals surface area contributed by atoms with E-state index in [1.54, 1.807) is 43.0 Å². The highest BCUT2D eigenvalue weighted by atomic mass is 127. The van der Waals surface area contributed by atoms with Crippen LogP contribution in [-0.2, 0) is 76.6 Å². The van der Waals surface area contributed by atoms with Gasteiger partial charge in [-0.2, -0.15) is 13.2 Å². The first-order chi connectivity index (χ1) is 45.3. The van der Waals surface area contributed by atoms with Gasteiger partial charge < -0.3 is 60.5 Å². The molecular formula is C69H98F3IN12O12. The Balaban J connectivity index is 1.62. The highest BCUT2D eigenvalue weighted by molar-refractivity contribution is 14.1. The number of carbonyl (C=O) groups excluding carboxylic acids is 12. The van der Waals surface area contributed by atoms with E-state index in [1.807, 2.05) is 27.7 Å². The van der Waals surface area contributed by atoms with Crippen molar-refractivity contribution in [2.75, 3.05) is 75.0 Å². The predicted molar refractivity (Wildman–Crippen MR) is 365 cm³/mol. The van der Waals surface area contributed by atoms with E-state index in [4.69, 9.17) is 6.42 Å². The summed E-state index contributed by atoms with van der Waals surface area (Å²) in [7, 11) is 7.94. The fraction of sp³-hybridized carbons (Fsp3) is 0.623. The first-order valence-corrected chi connectivity index (χ1v) is 34.1. The third-order valence-corrected chi connectivity index (χ3v) is 19.3. The molecule has 24 nitrogen and oxygen atoms in total. The van der Waals surface area contributed by atoms with Gasteiger partial charge in [0.2, 0.25) is 70.9 Å². The molecular weight excluding hydrogens is 1370 g/mol. The van der Waals surface area contributed by atoms with Crippen LogP contribution in [0.2, 0.25) is 0 Å². The van der Waals surface area contributed by atoms with Gasteiger partial charge in [0.1, 0.15) is 53.9 Å². The first kappa shape index (κ1) is 79.8. The molecule has 4 N–H and O–H groups in total. The van der Waals surface area contributed by atoms with Crippen molar-refractivity contribution in [3.63, 3.8) is 0 Å². The Morgan fingerprint density at radius 3 is 1.82 bits per heavy atom. The van der Waals surface area contributed by atoms with E-state index in [2.05, 4.69) is 49.8 Å². The van der Waals surface area contributed by atoms with Crippen molar-refractivity contribution in [3.8, 4) is 12.3 Å². The zero-order valence-electron chi connectivity index (χ0n) is 58.3. The van der Waals surface area contributed by atoms with Crippen LogP contribution >= 0.6 is 22.6 Å². The standard InChI is InChI=1S/C69H98F3IN12O12/c1-16-22-48-62(92)83(15)68(8,9)67(97)76-50(33-41(3)4)61(91)81(13)54(65(95)84-30-19-18-20-31-84)38-56(87)80(12)52(34-42(5)6)60(90)77-58(43(7)17-2)66(96)79(11)40-57(88)85-32-29-51(85)64(94)82(14)53(37-44-25-27-46(28-26-44)69(70,71)72)63(93)78(10)39-55(86)74-49(59(89)75-48)36-45-23-21-24-47(73)35-45/h1,21,23-28,35,41-43,48-54,58H,17-20,22,29-34,36-40H2,2-15H3,(H,74,86)(H,75,89)(H,76,97)(H,77,90)/t43-,48-,49-,50-,51-,52-,53-,54-,58-/m0/s1. The number of carbonyl (C=O) groups is 12. The van der Waals surface area contributed by atoms with Crippen LogP contribution in [0, 0.1) is 33.7 Å². The van der Waals surface area contributed by atoms with Gasteiger partial charge in [-0.25, -0.2) is 0 Å². The molecule has 3 fully saturated rings. The Morgan fingerprint density at radius 1 is 0.649 bits per heavy atom. The summed E-state index contributed by atoms with van der Waals surface area (Å²) in [6, 6.07) is -0.0201. The smallest absolute Gasteiger partial charge is 0.342 e. The van der Waals surface area contributed by atoms with Crippen molar-refractivity contribution in [2.45, 2.75) is 186 Å². The van der Waals surface area contributed by atoms with E-state index < -0.39 is 168 Å². The lowest BCUT2D eigenvalue weighted by molar-refractivity contribution is -0.157. The molecule has 0 radical (unpaired) electrons. The molecule has 9 atom stereocenters. The number of hydrogen-bond donors (Lipinski definition) is 4. The number of likely N-dealkylation sites (tertiary alicyclic amines) is 1. The van der Waals surface area contributed by atoms with E-state index in [-0.39, 0.29) is 56.0 Å². The molecule has 3 saturated heterocycles. The number of halogens is 4. The van der Waals surface area contributed by atoms with Crippen molar-refractivity contribution in [2.24, 2.45) is 17.8 Å². The summed E-state index contributed by atoms with van der Waals surface area (Å²) >= 11 is 2.07. The number of fused-ring (bicyclic) bond motifs is 1. The van der Waals surface area contributed by atoms with Crippen molar-refractivity contribution >= 4 is 93.5 Å². The second-order valence-corrected chi connectivity index (χ2v) is 28.5. The third kappa shape index (κ3) is 21.1.